The maximum Gasteiger partial charge on any atom is 0.350 e. The number of nitrogen functional groups attached to an aromatic ring is 1. The lowest BCUT2D eigenvalue weighted by Gasteiger charge is -2.06. The minimum absolute atomic E-state index is 0.553. The van der Waals surface area contributed by atoms with Crippen molar-refractivity contribution in [2.24, 2.45) is 0 Å². The molecule has 0 saturated carbocycles. The molecule has 3 nitrogen and oxygen atoms in total. The van der Waals surface area contributed by atoms with Gasteiger partial charge < -0.3 is 5.73 Å². The molecule has 0 spiro atoms. The van der Waals surface area contributed by atoms with Gasteiger partial charge in [-0.1, -0.05) is 66.7 Å². The summed E-state index contributed by atoms with van der Waals surface area (Å²) in [4.78, 5) is 4.55. The third-order valence-electron chi connectivity index (χ3n) is 3.83. The lowest BCUT2D eigenvalue weighted by molar-refractivity contribution is -0.509. The van der Waals surface area contributed by atoms with E-state index in [-0.39, 0.29) is 0 Å². The molecule has 0 atom stereocenters. The Morgan fingerprint density at radius 2 is 1.29 bits per heavy atom. The highest BCUT2D eigenvalue weighted by molar-refractivity contribution is 7.05. The SMILES string of the molecule is Nc1nc(-c2ccccc2)[n+](-c2ccccc2-c2ccccc2)s1. The first-order chi connectivity index (χ1) is 11.8. The van der Waals surface area contributed by atoms with Crippen LogP contribution in [0.4, 0.5) is 5.13 Å². The number of nitrogens with two attached hydrogens (primary N) is 1. The first-order valence-electron chi connectivity index (χ1n) is 7.72. The summed E-state index contributed by atoms with van der Waals surface area (Å²) in [6.45, 7) is 0. The van der Waals surface area contributed by atoms with E-state index < -0.39 is 0 Å². The Hall–Kier alpha value is -2.98. The van der Waals surface area contributed by atoms with E-state index in [1.165, 1.54) is 17.1 Å². The van der Waals surface area contributed by atoms with Gasteiger partial charge in [-0.25, -0.2) is 0 Å². The summed E-state index contributed by atoms with van der Waals surface area (Å²) in [6.07, 6.45) is 0. The molecular formula is C20H16N3S+. The summed E-state index contributed by atoms with van der Waals surface area (Å²) in [5.74, 6) is 0.862. The number of benzene rings is 3. The van der Waals surface area contributed by atoms with Crippen LogP contribution in [-0.4, -0.2) is 4.98 Å². The zero-order chi connectivity index (χ0) is 16.4. The number of nitrogens with zero attached hydrogens (tertiary/aromatic N) is 2. The van der Waals surface area contributed by atoms with Crippen LogP contribution in [0.3, 0.4) is 0 Å². The van der Waals surface area contributed by atoms with Crippen LogP contribution in [0, 0.1) is 0 Å². The first-order valence-corrected chi connectivity index (χ1v) is 8.49. The van der Waals surface area contributed by atoms with Gasteiger partial charge in [-0.3, -0.25) is 0 Å². The van der Waals surface area contributed by atoms with E-state index in [0.717, 1.165) is 22.6 Å². The predicted octanol–water partition coefficient (Wildman–Crippen LogP) is 4.34. The summed E-state index contributed by atoms with van der Waals surface area (Å²) in [7, 11) is 0. The highest BCUT2D eigenvalue weighted by atomic mass is 32.1. The van der Waals surface area contributed by atoms with Crippen LogP contribution in [0.25, 0.3) is 28.2 Å². The Labute approximate surface area is 144 Å². The zero-order valence-corrected chi connectivity index (χ0v) is 13.8. The molecule has 0 aliphatic heterocycles. The van der Waals surface area contributed by atoms with Gasteiger partial charge in [-0.05, 0) is 28.7 Å². The quantitative estimate of drug-likeness (QED) is 0.568. The summed E-state index contributed by atoms with van der Waals surface area (Å²) < 4.78 is 2.10. The maximum absolute atomic E-state index is 6.03. The zero-order valence-electron chi connectivity index (χ0n) is 13.0. The van der Waals surface area contributed by atoms with Crippen LogP contribution in [0.5, 0.6) is 0 Å². The molecule has 0 amide bonds. The molecule has 1 aromatic heterocycles. The highest BCUT2D eigenvalue weighted by Crippen LogP contribution is 2.27. The molecule has 0 bridgehead atoms. The number of hydrogen-bond acceptors (Lipinski definition) is 3. The minimum Gasteiger partial charge on any atom is -0.351 e. The average Bonchev–Trinajstić information content (AvgIpc) is 3.05. The molecule has 0 fully saturated rings. The van der Waals surface area contributed by atoms with Gasteiger partial charge in [0.05, 0.1) is 5.56 Å². The van der Waals surface area contributed by atoms with Gasteiger partial charge in [-0.15, -0.1) is 3.96 Å². The van der Waals surface area contributed by atoms with Gasteiger partial charge in [0.25, 0.3) is 0 Å². The van der Waals surface area contributed by atoms with Crippen molar-refractivity contribution < 1.29 is 3.96 Å². The molecule has 3 aromatic carbocycles. The summed E-state index contributed by atoms with van der Waals surface area (Å²) >= 11 is 1.45. The molecule has 0 saturated heterocycles. The normalized spacial score (nSPS) is 10.7. The highest BCUT2D eigenvalue weighted by Gasteiger charge is 2.24. The van der Waals surface area contributed by atoms with Crippen LogP contribution in [-0.2, 0) is 0 Å². The van der Waals surface area contributed by atoms with Crippen molar-refractivity contribution in [1.29, 1.82) is 0 Å². The minimum atomic E-state index is 0.553. The Morgan fingerprint density at radius 3 is 2.00 bits per heavy atom. The summed E-state index contributed by atoms with van der Waals surface area (Å²) in [6, 6.07) is 28.8. The standard InChI is InChI=1S/C20H15N3S/c21-20-22-19(16-11-5-2-6-12-16)23(24-20)18-14-8-7-13-17(18)15-9-3-1-4-10-15/h1-14,21H/p+1. The maximum atomic E-state index is 6.03. The Kier molecular flexibility index (Phi) is 3.81. The second-order valence-electron chi connectivity index (χ2n) is 5.41. The molecular weight excluding hydrogens is 314 g/mol. The van der Waals surface area contributed by atoms with Crippen molar-refractivity contribution >= 4 is 16.7 Å². The monoisotopic (exact) mass is 330 g/mol. The molecule has 1 heterocycles. The Bertz CT molecular complexity index is 963. The predicted molar refractivity (Wildman–Crippen MR) is 98.9 cm³/mol. The first kappa shape index (κ1) is 14.6. The fourth-order valence-electron chi connectivity index (χ4n) is 2.75. The molecule has 4 rings (SSSR count). The van der Waals surface area contributed by atoms with E-state index >= 15 is 0 Å². The summed E-state index contributed by atoms with van der Waals surface area (Å²) in [5, 5.41) is 0.553. The van der Waals surface area contributed by atoms with Gasteiger partial charge >= 0.3 is 11.0 Å². The van der Waals surface area contributed by atoms with Gasteiger partial charge in [-0.2, -0.15) is 0 Å². The number of para-hydroxylation sites is 1. The fraction of sp³-hybridized carbons (Fsp3) is 0. The van der Waals surface area contributed by atoms with E-state index in [9.17, 15) is 0 Å². The Balaban J connectivity index is 1.93. The topological polar surface area (TPSA) is 42.8 Å². The van der Waals surface area contributed by atoms with Crippen LogP contribution in [0.1, 0.15) is 0 Å². The van der Waals surface area contributed by atoms with Crippen molar-refractivity contribution in [3.63, 3.8) is 0 Å². The second kappa shape index (κ2) is 6.26. The average molecular weight is 330 g/mol. The van der Waals surface area contributed by atoms with Gasteiger partial charge in [0, 0.05) is 5.56 Å². The van der Waals surface area contributed by atoms with Crippen LogP contribution >= 0.6 is 11.5 Å². The molecule has 0 radical (unpaired) electrons. The van der Waals surface area contributed by atoms with Gasteiger partial charge in [0.2, 0.25) is 0 Å². The van der Waals surface area contributed by atoms with Crippen molar-refractivity contribution in [3.05, 3.63) is 84.9 Å². The number of hydrogen-bond donors (Lipinski definition) is 1. The largest absolute Gasteiger partial charge is 0.351 e. The molecule has 0 aliphatic rings. The summed E-state index contributed by atoms with van der Waals surface area (Å²) in [5.41, 5.74) is 10.5. The third-order valence-corrected chi connectivity index (χ3v) is 4.66. The van der Waals surface area contributed by atoms with Gasteiger partial charge in [0.15, 0.2) is 5.69 Å². The molecule has 24 heavy (non-hydrogen) atoms. The molecule has 0 aliphatic carbocycles. The lowest BCUT2D eigenvalue weighted by atomic mass is 10.0. The molecule has 4 aromatic rings. The van der Waals surface area contributed by atoms with Crippen molar-refractivity contribution in [3.8, 4) is 28.2 Å². The Morgan fingerprint density at radius 1 is 0.708 bits per heavy atom. The van der Waals surface area contributed by atoms with Gasteiger partial charge in [0.1, 0.15) is 11.5 Å². The van der Waals surface area contributed by atoms with Crippen LogP contribution in [0.15, 0.2) is 84.9 Å². The number of rotatable bonds is 3. The van der Waals surface area contributed by atoms with Crippen LogP contribution in [0.2, 0.25) is 0 Å². The van der Waals surface area contributed by atoms with E-state index in [4.69, 9.17) is 5.73 Å². The number of aromatic nitrogens is 2. The van der Waals surface area contributed by atoms with Crippen molar-refractivity contribution in [1.82, 2.24) is 4.98 Å². The van der Waals surface area contributed by atoms with E-state index in [1.54, 1.807) is 0 Å². The molecule has 4 heteroatoms. The molecule has 2 N–H and O–H groups in total. The van der Waals surface area contributed by atoms with Crippen LogP contribution < -0.4 is 9.69 Å². The number of anilines is 1. The fourth-order valence-corrected chi connectivity index (χ4v) is 3.56. The smallest absolute Gasteiger partial charge is 0.350 e. The van der Waals surface area contributed by atoms with E-state index in [2.05, 4.69) is 63.5 Å². The second-order valence-corrected chi connectivity index (χ2v) is 6.37. The van der Waals surface area contributed by atoms with E-state index in [1.807, 2.05) is 30.3 Å². The van der Waals surface area contributed by atoms with E-state index in [0.29, 0.717) is 5.13 Å². The molecule has 0 unspecified atom stereocenters. The van der Waals surface area contributed by atoms with Crippen molar-refractivity contribution in [2.45, 2.75) is 0 Å². The third kappa shape index (κ3) is 2.68. The molecule has 116 valence electrons. The van der Waals surface area contributed by atoms with Crippen molar-refractivity contribution in [2.75, 3.05) is 5.73 Å². The lowest BCUT2D eigenvalue weighted by Crippen LogP contribution is -2.29.